The number of aliphatic carboxylic acids is 1. The van der Waals surface area contributed by atoms with Gasteiger partial charge in [-0.05, 0) is 6.92 Å². The average Bonchev–Trinajstić information content (AvgIpc) is 1.63. The third-order valence-electron chi connectivity index (χ3n) is 0.433. The van der Waals surface area contributed by atoms with Crippen molar-refractivity contribution in [2.24, 2.45) is 5.41 Å². The Morgan fingerprint density at radius 3 is 1.33 bits per heavy atom. The average molecular weight is 182 g/mol. The van der Waals surface area contributed by atoms with Crippen molar-refractivity contribution in [2.45, 2.75) is 27.7 Å². The van der Waals surface area contributed by atoms with Gasteiger partial charge in [-0.25, -0.2) is 0 Å². The molecule has 0 saturated carbocycles. The lowest BCUT2D eigenvalue weighted by molar-refractivity contribution is -0.387. The molecule has 0 aliphatic heterocycles. The lowest BCUT2D eigenvalue weighted by Gasteiger charge is -2.20. The summed E-state index contributed by atoms with van der Waals surface area (Å²) in [5, 5.41) is 18.8. The highest BCUT2D eigenvalue weighted by atomic mass is 16.4. The molecule has 0 aromatic carbocycles. The largest absolute Gasteiger partial charge is 0.854 e. The maximum atomic E-state index is 9.95. The van der Waals surface area contributed by atoms with Gasteiger partial charge in [-0.2, -0.15) is 0 Å². The first-order valence-corrected chi connectivity index (χ1v) is 3.05. The fourth-order valence-corrected chi connectivity index (χ4v) is 0. The topological polar surface area (TPSA) is 136 Å². The van der Waals surface area contributed by atoms with Crippen molar-refractivity contribution in [3.8, 4) is 0 Å². The lowest BCUT2D eigenvalue weighted by atomic mass is 9.99. The van der Waals surface area contributed by atoms with Crippen molar-refractivity contribution in [1.29, 1.82) is 0 Å². The number of rotatable bonds is 0. The normalized spacial score (nSPS) is 8.08. The third kappa shape index (κ3) is 118. The molecule has 12 heavy (non-hydrogen) atoms. The van der Waals surface area contributed by atoms with Gasteiger partial charge < -0.3 is 27.3 Å². The summed E-state index contributed by atoms with van der Waals surface area (Å²) in [6.07, 6.45) is 0. The van der Waals surface area contributed by atoms with Gasteiger partial charge in [0.1, 0.15) is 0 Å². The summed E-state index contributed by atoms with van der Waals surface area (Å²) in [7, 11) is 0. The number of hydrogen-bond donors (Lipinski definition) is 2. The van der Waals surface area contributed by atoms with E-state index in [0.29, 0.717) is 0 Å². The smallest absolute Gasteiger partial charge is 0.0383 e. The molecule has 78 valence electrons. The number of hydrogen-bond acceptors (Lipinski definition) is 3. The molecule has 0 aromatic heterocycles. The zero-order chi connectivity index (χ0) is 8.78. The highest BCUT2D eigenvalue weighted by Crippen LogP contribution is 2.07. The molecule has 5 nitrogen and oxygen atoms in total. The molecule has 0 aromatic rings. The molecule has 5 heteroatoms. The summed E-state index contributed by atoms with van der Waals surface area (Å²) in [6.45, 7) is 6.78. The second-order valence-electron chi connectivity index (χ2n) is 3.20. The minimum absolute atomic E-state index is 0. The van der Waals surface area contributed by atoms with Crippen molar-refractivity contribution in [3.05, 3.63) is 0 Å². The van der Waals surface area contributed by atoms with Crippen LogP contribution in [0.5, 0.6) is 0 Å². The molecule has 0 saturated heterocycles. The lowest BCUT2D eigenvalue weighted by Crippen LogP contribution is -2.22. The number of carbonyl (C=O) groups is 1. The van der Waals surface area contributed by atoms with Crippen molar-refractivity contribution in [2.75, 3.05) is 6.61 Å². The summed E-state index contributed by atoms with van der Waals surface area (Å²) in [4.78, 5) is 8.89. The monoisotopic (exact) mass is 182 g/mol. The van der Waals surface area contributed by atoms with Crippen molar-refractivity contribution < 1.29 is 15.0 Å². The van der Waals surface area contributed by atoms with Crippen LogP contribution in [0.25, 0.3) is 0 Å². The molecule has 0 atom stereocenters. The molecule has 0 amide bonds. The van der Waals surface area contributed by atoms with E-state index in [1.165, 1.54) is 0 Å². The summed E-state index contributed by atoms with van der Waals surface area (Å²) < 4.78 is 0. The zero-order valence-corrected chi connectivity index (χ0v) is 8.93. The van der Waals surface area contributed by atoms with Crippen LogP contribution in [0.15, 0.2) is 0 Å². The van der Waals surface area contributed by atoms with E-state index in [-0.39, 0.29) is 24.3 Å². The highest BCUT2D eigenvalue weighted by molar-refractivity contribution is 5.60. The van der Waals surface area contributed by atoms with Crippen molar-refractivity contribution in [3.63, 3.8) is 0 Å². The van der Waals surface area contributed by atoms with Crippen LogP contribution in [0.1, 0.15) is 27.7 Å². The van der Waals surface area contributed by atoms with Gasteiger partial charge in [-0.3, -0.25) is 0 Å². The quantitative estimate of drug-likeness (QED) is 0.541. The molecule has 0 rings (SSSR count). The van der Waals surface area contributed by atoms with Gasteiger partial charge in [0.25, 0.3) is 0 Å². The number of carboxylic acid groups (broad SMARTS) is 1. The maximum Gasteiger partial charge on any atom is 0.0383 e. The minimum Gasteiger partial charge on any atom is -0.854 e. The van der Waals surface area contributed by atoms with E-state index >= 15 is 0 Å². The van der Waals surface area contributed by atoms with Gasteiger partial charge in [0, 0.05) is 5.97 Å². The van der Waals surface area contributed by atoms with Crippen LogP contribution in [0, 0.1) is 5.41 Å². The van der Waals surface area contributed by atoms with Crippen LogP contribution in [0.2, 0.25) is 0 Å². The molecule has 0 aliphatic rings. The van der Waals surface area contributed by atoms with Crippen LogP contribution in [-0.2, 0) is 4.79 Å². The van der Waals surface area contributed by atoms with Gasteiger partial charge in [0.2, 0.25) is 0 Å². The zero-order valence-electron chi connectivity index (χ0n) is 8.93. The Morgan fingerprint density at radius 2 is 1.33 bits per heavy atom. The summed E-state index contributed by atoms with van der Waals surface area (Å²) in [5.74, 6) is -1.08. The van der Waals surface area contributed by atoms with E-state index < -0.39 is 5.97 Å². The van der Waals surface area contributed by atoms with Gasteiger partial charge in [-0.1, -0.05) is 26.2 Å². The van der Waals surface area contributed by atoms with E-state index in [1.807, 2.05) is 20.8 Å². The minimum atomic E-state index is -1.08. The molecule has 0 bridgehead atoms. The second kappa shape index (κ2) is 10.3. The van der Waals surface area contributed by atoms with E-state index in [0.717, 1.165) is 6.92 Å². The Balaban J connectivity index is -0.0000000483. The first-order chi connectivity index (χ1) is 4.29. The molecular formula is C7H22N2O3. The number of carboxylic acids is 1. The fourth-order valence-electron chi connectivity index (χ4n) is 0. The molecule has 0 unspecified atom stereocenters. The van der Waals surface area contributed by atoms with E-state index in [4.69, 9.17) is 9.90 Å². The van der Waals surface area contributed by atoms with Gasteiger partial charge >= 0.3 is 0 Å². The number of carbonyl (C=O) groups excluding carboxylic acids is 1. The predicted octanol–water partition coefficient (Wildman–Crippen LogP) is -0.0986. The molecule has 0 radical (unpaired) electrons. The SMILES string of the molecule is CC(=O)[O-].CC(C)(C)C[O-].[NH4+].[NH4+]. The Kier molecular flexibility index (Phi) is 19.4. The summed E-state index contributed by atoms with van der Waals surface area (Å²) in [6, 6.07) is 0. The molecule has 8 N–H and O–H groups in total. The van der Waals surface area contributed by atoms with E-state index in [1.54, 1.807) is 0 Å². The second-order valence-corrected chi connectivity index (χ2v) is 3.20. The Hall–Kier alpha value is -0.650. The predicted molar refractivity (Wildman–Crippen MR) is 47.0 cm³/mol. The van der Waals surface area contributed by atoms with Crippen LogP contribution < -0.4 is 22.5 Å². The number of quaternary nitrogens is 2. The van der Waals surface area contributed by atoms with E-state index in [9.17, 15) is 5.11 Å². The molecule has 0 spiro atoms. The van der Waals surface area contributed by atoms with Gasteiger partial charge in [-0.15, -0.1) is 6.61 Å². The molecular weight excluding hydrogens is 160 g/mol. The van der Waals surface area contributed by atoms with Crippen LogP contribution in [0.3, 0.4) is 0 Å². The van der Waals surface area contributed by atoms with Crippen LogP contribution in [-0.4, -0.2) is 12.6 Å². The first-order valence-electron chi connectivity index (χ1n) is 3.05. The maximum absolute atomic E-state index is 9.95. The fraction of sp³-hybridized carbons (Fsp3) is 0.857. The van der Waals surface area contributed by atoms with Gasteiger partial charge in [0.15, 0.2) is 0 Å². The Bertz CT molecular complexity index is 95.3. The first kappa shape index (κ1) is 22.5. The Morgan fingerprint density at radius 1 is 1.25 bits per heavy atom. The molecule has 0 heterocycles. The van der Waals surface area contributed by atoms with Crippen LogP contribution >= 0.6 is 0 Å². The standard InChI is InChI=1S/C5H11O.C2H4O2.2H3N/c1-5(2,3)4-6;1-2(3)4;;/h4H2,1-3H3;1H3,(H,3,4);2*1H3/q-1;;;/p+1. The van der Waals surface area contributed by atoms with Gasteiger partial charge in [0.05, 0.1) is 0 Å². The van der Waals surface area contributed by atoms with Crippen LogP contribution in [0.4, 0.5) is 0 Å². The van der Waals surface area contributed by atoms with Crippen molar-refractivity contribution >= 4 is 5.97 Å². The van der Waals surface area contributed by atoms with Crippen molar-refractivity contribution in [1.82, 2.24) is 12.3 Å². The molecule has 0 fully saturated rings. The third-order valence-corrected chi connectivity index (χ3v) is 0.433. The molecule has 0 aliphatic carbocycles. The summed E-state index contributed by atoms with van der Waals surface area (Å²) >= 11 is 0. The Labute approximate surface area is 74.0 Å². The summed E-state index contributed by atoms with van der Waals surface area (Å²) in [5.41, 5.74) is -0.0139. The van der Waals surface area contributed by atoms with E-state index in [2.05, 4.69) is 0 Å². The highest BCUT2D eigenvalue weighted by Gasteiger charge is 1.98.